The van der Waals surface area contributed by atoms with Crippen molar-refractivity contribution in [2.24, 2.45) is 11.5 Å². The van der Waals surface area contributed by atoms with E-state index in [1.165, 1.54) is 10.1 Å². The molecule has 1 aliphatic heterocycles. The lowest BCUT2D eigenvalue weighted by molar-refractivity contribution is -0.137. The van der Waals surface area contributed by atoms with Crippen LogP contribution in [0.15, 0.2) is 41.3 Å². The molecule has 1 aromatic carbocycles. The molecule has 2 bridgehead atoms. The minimum Gasteiger partial charge on any atom is -0.338 e. The van der Waals surface area contributed by atoms with Gasteiger partial charge in [-0.1, -0.05) is 12.1 Å². The average Bonchev–Trinajstić information content (AvgIpc) is 2.82. The maximum absolute atomic E-state index is 12.7. The molecule has 2 aromatic rings. The van der Waals surface area contributed by atoms with Crippen LogP contribution in [0.3, 0.4) is 0 Å². The van der Waals surface area contributed by atoms with Gasteiger partial charge >= 0.3 is 11.7 Å². The third kappa shape index (κ3) is 6.11. The fourth-order valence-corrected chi connectivity index (χ4v) is 6.12. The normalized spacial score (nSPS) is 24.6. The van der Waals surface area contributed by atoms with Crippen LogP contribution in [-0.4, -0.2) is 80.1 Å². The molecule has 0 radical (unpaired) electrons. The minimum absolute atomic E-state index is 0. The number of hydrogen-bond acceptors (Lipinski definition) is 7. The summed E-state index contributed by atoms with van der Waals surface area (Å²) in [6.07, 6.45) is 5.71. The second-order valence-corrected chi connectivity index (χ2v) is 12.0. The van der Waals surface area contributed by atoms with Gasteiger partial charge in [0.1, 0.15) is 5.82 Å². The van der Waals surface area contributed by atoms with Crippen LogP contribution in [-0.2, 0) is 11.2 Å². The van der Waals surface area contributed by atoms with Crippen molar-refractivity contribution in [1.82, 2.24) is 24.7 Å². The molecule has 11 nitrogen and oxygen atoms in total. The third-order valence-electron chi connectivity index (χ3n) is 7.82. The molecule has 6 N–H and O–H groups in total. The number of anilines is 1. The van der Waals surface area contributed by atoms with E-state index in [4.69, 9.17) is 11.5 Å². The van der Waals surface area contributed by atoms with E-state index >= 15 is 0 Å². The Kier molecular flexibility index (Phi) is 7.83. The molecule has 3 saturated carbocycles. The van der Waals surface area contributed by atoms with Crippen molar-refractivity contribution in [3.63, 3.8) is 0 Å². The van der Waals surface area contributed by atoms with E-state index in [1.54, 1.807) is 35.9 Å². The van der Waals surface area contributed by atoms with Crippen LogP contribution in [0.4, 0.5) is 10.6 Å². The van der Waals surface area contributed by atoms with Crippen LogP contribution >= 0.6 is 12.4 Å². The van der Waals surface area contributed by atoms with Gasteiger partial charge in [0.25, 0.3) is 0 Å². The summed E-state index contributed by atoms with van der Waals surface area (Å²) in [4.78, 5) is 45.0. The van der Waals surface area contributed by atoms with Gasteiger partial charge < -0.3 is 26.6 Å². The van der Waals surface area contributed by atoms with Gasteiger partial charge in [-0.3, -0.25) is 14.7 Å². The maximum Gasteiger partial charge on any atom is 0.354 e. The van der Waals surface area contributed by atoms with Gasteiger partial charge in [-0.15, -0.1) is 12.4 Å². The van der Waals surface area contributed by atoms with Gasteiger partial charge in [0.05, 0.1) is 11.2 Å². The molecule has 12 heteroatoms. The van der Waals surface area contributed by atoms with E-state index < -0.39 is 11.2 Å². The first kappa shape index (κ1) is 29.0. The second-order valence-electron chi connectivity index (χ2n) is 12.0. The summed E-state index contributed by atoms with van der Waals surface area (Å²) >= 11 is 0. The molecule has 4 fully saturated rings. The van der Waals surface area contributed by atoms with E-state index in [0.29, 0.717) is 37.9 Å². The smallest absolute Gasteiger partial charge is 0.338 e. The van der Waals surface area contributed by atoms with Crippen molar-refractivity contribution in [3.8, 4) is 5.69 Å². The number of halogens is 1. The van der Waals surface area contributed by atoms with Crippen LogP contribution in [0.5, 0.6) is 0 Å². The number of nitrogens with two attached hydrogens (primary N) is 2. The number of benzene rings is 1. The van der Waals surface area contributed by atoms with Gasteiger partial charge in [0, 0.05) is 49.5 Å². The largest absolute Gasteiger partial charge is 0.354 e. The Bertz CT molecular complexity index is 1260. The number of carbonyl (C=O) groups excluding carboxylic acids is 2. The number of aromatic nitrogens is 2. The summed E-state index contributed by atoms with van der Waals surface area (Å²) in [6.45, 7) is 7.09. The summed E-state index contributed by atoms with van der Waals surface area (Å²) in [5, 5.41) is 6.43. The molecular formula is C27H39ClN8O3. The highest BCUT2D eigenvalue weighted by molar-refractivity contribution is 5.89. The van der Waals surface area contributed by atoms with Crippen LogP contribution in [0.1, 0.15) is 45.6 Å². The molecular weight excluding hydrogens is 520 g/mol. The molecule has 0 spiro atoms. The number of piperazine rings is 1. The molecule has 212 valence electrons. The highest BCUT2D eigenvalue weighted by Crippen LogP contribution is 2.58. The molecule has 3 amide bonds. The molecule has 1 saturated heterocycles. The fraction of sp³-hybridized carbons (Fsp3) is 0.556. The lowest BCUT2D eigenvalue weighted by atomic mass is 9.44. The van der Waals surface area contributed by atoms with Gasteiger partial charge in [-0.2, -0.15) is 4.98 Å². The summed E-state index contributed by atoms with van der Waals surface area (Å²) in [5.41, 5.74) is 12.9. The Morgan fingerprint density at radius 2 is 1.64 bits per heavy atom. The molecule has 1 atom stereocenters. The Labute approximate surface area is 234 Å². The van der Waals surface area contributed by atoms with Crippen molar-refractivity contribution < 1.29 is 9.59 Å². The first-order chi connectivity index (χ1) is 17.8. The first-order valence-corrected chi connectivity index (χ1v) is 13.2. The quantitative estimate of drug-likeness (QED) is 0.399. The van der Waals surface area contributed by atoms with E-state index in [-0.39, 0.29) is 41.2 Å². The Balaban J connectivity index is 0.00000353. The van der Waals surface area contributed by atoms with Gasteiger partial charge in [0.15, 0.2) is 0 Å². The number of rotatable bonds is 7. The maximum atomic E-state index is 12.7. The van der Waals surface area contributed by atoms with Gasteiger partial charge in [-0.05, 0) is 70.2 Å². The van der Waals surface area contributed by atoms with Crippen molar-refractivity contribution in [3.05, 3.63) is 52.6 Å². The highest BCUT2D eigenvalue weighted by Gasteiger charge is 2.65. The van der Waals surface area contributed by atoms with E-state index in [9.17, 15) is 14.4 Å². The van der Waals surface area contributed by atoms with Crippen LogP contribution in [0.2, 0.25) is 0 Å². The monoisotopic (exact) mass is 558 g/mol. The SMILES string of the molecule is CC(Cc1ccc(-n2ccc(NC(=O)N3CCN(C(=O)C(C)(C)N)CC3)nc2=O)cc1)NC12CC(N)(C1)C2.Cl. The number of urea groups is 1. The number of amides is 3. The molecule has 2 heterocycles. The molecule has 6 rings (SSSR count). The lowest BCUT2D eigenvalue weighted by Gasteiger charge is -2.70. The summed E-state index contributed by atoms with van der Waals surface area (Å²) in [7, 11) is 0. The van der Waals surface area contributed by atoms with E-state index in [2.05, 4.69) is 22.5 Å². The summed E-state index contributed by atoms with van der Waals surface area (Å²) in [6, 6.07) is 9.45. The fourth-order valence-electron chi connectivity index (χ4n) is 6.12. The second kappa shape index (κ2) is 10.5. The number of nitrogens with zero attached hydrogens (tertiary/aromatic N) is 4. The van der Waals surface area contributed by atoms with Crippen LogP contribution in [0, 0.1) is 0 Å². The Morgan fingerprint density at radius 1 is 1.05 bits per heavy atom. The number of nitrogens with one attached hydrogen (secondary N) is 2. The zero-order valence-electron chi connectivity index (χ0n) is 22.8. The molecule has 3 aliphatic carbocycles. The minimum atomic E-state index is -0.946. The zero-order valence-corrected chi connectivity index (χ0v) is 23.6. The van der Waals surface area contributed by atoms with Crippen molar-refractivity contribution in [2.45, 2.75) is 69.1 Å². The predicted molar refractivity (Wildman–Crippen MR) is 152 cm³/mol. The van der Waals surface area contributed by atoms with Crippen molar-refractivity contribution in [2.75, 3.05) is 31.5 Å². The number of carbonyl (C=O) groups is 2. The van der Waals surface area contributed by atoms with Crippen molar-refractivity contribution in [1.29, 1.82) is 0 Å². The van der Waals surface area contributed by atoms with E-state index in [0.717, 1.165) is 25.7 Å². The molecule has 4 aliphatic rings. The Hall–Kier alpha value is -2.99. The summed E-state index contributed by atoms with van der Waals surface area (Å²) in [5.74, 6) is 0.0408. The molecule has 1 aromatic heterocycles. The molecule has 1 unspecified atom stereocenters. The lowest BCUT2D eigenvalue weighted by Crippen LogP contribution is -2.82. The average molecular weight is 559 g/mol. The molecule has 39 heavy (non-hydrogen) atoms. The van der Waals surface area contributed by atoms with Gasteiger partial charge in [-0.25, -0.2) is 9.59 Å². The van der Waals surface area contributed by atoms with Crippen molar-refractivity contribution >= 4 is 30.2 Å². The van der Waals surface area contributed by atoms with Gasteiger partial charge in [0.2, 0.25) is 5.91 Å². The first-order valence-electron chi connectivity index (χ1n) is 13.2. The van der Waals surface area contributed by atoms with Crippen LogP contribution in [0.25, 0.3) is 5.69 Å². The summed E-state index contributed by atoms with van der Waals surface area (Å²) < 4.78 is 1.45. The highest BCUT2D eigenvalue weighted by atomic mass is 35.5. The van der Waals surface area contributed by atoms with E-state index in [1.807, 2.05) is 24.3 Å². The predicted octanol–water partition coefficient (Wildman–Crippen LogP) is 1.22. The third-order valence-corrected chi connectivity index (χ3v) is 7.82. The van der Waals surface area contributed by atoms with Crippen LogP contribution < -0.4 is 27.8 Å². The topological polar surface area (TPSA) is 152 Å². The standard InChI is InChI=1S/C27H38N8O3.ClH/c1-18(32-27-15-26(29,16-27)17-27)14-19-4-6-20(7-5-19)35-9-8-21(31-24(35)38)30-23(37)34-12-10-33(11-13-34)22(36)25(2,3)28;/h4-9,18,32H,10-17,28-29H2,1-3H3,(H,30,31,37,38);1H. The number of hydrogen-bond donors (Lipinski definition) is 4. The zero-order chi connectivity index (χ0) is 27.3. The Morgan fingerprint density at radius 3 is 2.18 bits per heavy atom.